The van der Waals surface area contributed by atoms with E-state index in [-0.39, 0.29) is 0 Å². The minimum Gasteiger partial charge on any atom is -0.308 e. The maximum absolute atomic E-state index is 4.97. The van der Waals surface area contributed by atoms with E-state index in [1.165, 1.54) is 0 Å². The molecule has 0 saturated heterocycles. The molecule has 12 aromatic carbocycles. The Morgan fingerprint density at radius 1 is 0.138 bits per heavy atom. The van der Waals surface area contributed by atoms with Crippen LogP contribution >= 0.6 is 0 Å². The Bertz CT molecular complexity index is 5750. The maximum Gasteiger partial charge on any atom is 0.0571 e. The van der Waals surface area contributed by atoms with Gasteiger partial charge in [-0.2, -0.15) is 0 Å². The van der Waals surface area contributed by atoms with Crippen molar-refractivity contribution in [2.75, 3.05) is 19.6 Å². The van der Waals surface area contributed by atoms with Crippen molar-refractivity contribution in [3.05, 3.63) is 427 Å². The molecule has 0 spiro atoms. The van der Waals surface area contributed by atoms with Gasteiger partial charge >= 0.3 is 0 Å². The summed E-state index contributed by atoms with van der Waals surface area (Å²) in [7, 11) is 0. The molecule has 0 aliphatic rings. The number of rotatable bonds is 20. The van der Waals surface area contributed by atoms with Gasteiger partial charge in [-0.15, -0.1) is 0 Å². The standard InChI is InChI=1S/C104H70N12/c1-9-25-71(26-10-1)83-63-105-53-45-91(83)113(92-46-54-106-64-84(92)72-27-11-2-12-28-72)99-61-100(114(93-47-55-107-65-85(93)73-29-13-3-14-30-73)94-48-56-108-66-86(94)74-31-15-4-16-32-74)80-43-44-82-102(116(97-51-59-111-69-89(97)77-37-21-7-22-38-77)98-52-60-112-70-90(98)78-39-23-8-24-40-78)62-101(81-42-41-79(99)103(80)104(81)82)115(95-49-57-109-67-87(95)75-33-17-5-18-34-75)96-50-58-110-68-88(96)76-35-19-6-20-36-76/h1-70H. The van der Waals surface area contributed by atoms with Crippen LogP contribution < -0.4 is 19.6 Å². The van der Waals surface area contributed by atoms with E-state index in [0.717, 1.165) is 190 Å². The third kappa shape index (κ3) is 12.7. The molecule has 0 amide bonds. The first-order chi connectivity index (χ1) is 57.7. The normalized spacial score (nSPS) is 11.3. The predicted octanol–water partition coefficient (Wildman–Crippen LogP) is 27.0. The number of aromatic nitrogens is 8. The first-order valence-corrected chi connectivity index (χ1v) is 38.6. The van der Waals surface area contributed by atoms with Crippen molar-refractivity contribution in [3.8, 4) is 89.0 Å². The molecule has 8 aromatic heterocycles. The molecule has 0 fully saturated rings. The summed E-state index contributed by atoms with van der Waals surface area (Å²) in [6.45, 7) is 0. The Labute approximate surface area is 671 Å². The van der Waals surface area contributed by atoms with Crippen molar-refractivity contribution in [3.63, 3.8) is 0 Å². The van der Waals surface area contributed by atoms with Crippen molar-refractivity contribution in [1.29, 1.82) is 0 Å². The summed E-state index contributed by atoms with van der Waals surface area (Å²) in [5, 5.41) is 5.78. The zero-order valence-electron chi connectivity index (χ0n) is 62.8. The van der Waals surface area contributed by atoms with Gasteiger partial charge in [0, 0.05) is 176 Å². The lowest BCUT2D eigenvalue weighted by molar-refractivity contribution is 1.21. The van der Waals surface area contributed by atoms with Crippen LogP contribution in [-0.2, 0) is 0 Å². The zero-order chi connectivity index (χ0) is 77.1. The van der Waals surface area contributed by atoms with Crippen LogP contribution in [0.5, 0.6) is 0 Å². The van der Waals surface area contributed by atoms with Crippen LogP contribution in [0, 0.1) is 0 Å². The minimum atomic E-state index is 0.868. The van der Waals surface area contributed by atoms with Crippen molar-refractivity contribution >= 4 is 101 Å². The lowest BCUT2D eigenvalue weighted by Crippen LogP contribution is -2.18. The molecular formula is C104H70N12. The first kappa shape index (κ1) is 69.3. The number of hydrogen-bond acceptors (Lipinski definition) is 12. The van der Waals surface area contributed by atoms with Gasteiger partial charge in [-0.1, -0.05) is 267 Å². The van der Waals surface area contributed by atoms with E-state index in [1.807, 2.05) is 99.1 Å². The highest BCUT2D eigenvalue weighted by atomic mass is 15.2. The molecule has 20 rings (SSSR count). The smallest absolute Gasteiger partial charge is 0.0571 e. The molecule has 0 aliphatic carbocycles. The van der Waals surface area contributed by atoms with Gasteiger partial charge in [0.15, 0.2) is 0 Å². The third-order valence-corrected chi connectivity index (χ3v) is 21.8. The van der Waals surface area contributed by atoms with E-state index in [4.69, 9.17) is 39.9 Å². The van der Waals surface area contributed by atoms with Crippen molar-refractivity contribution in [2.24, 2.45) is 0 Å². The van der Waals surface area contributed by atoms with Crippen molar-refractivity contribution < 1.29 is 0 Å². The van der Waals surface area contributed by atoms with Gasteiger partial charge in [0.25, 0.3) is 0 Å². The zero-order valence-corrected chi connectivity index (χ0v) is 62.8. The van der Waals surface area contributed by atoms with E-state index in [0.29, 0.717) is 0 Å². The van der Waals surface area contributed by atoms with Gasteiger partial charge < -0.3 is 19.6 Å². The highest BCUT2D eigenvalue weighted by Crippen LogP contribution is 2.59. The molecule has 12 nitrogen and oxygen atoms in total. The third-order valence-electron chi connectivity index (χ3n) is 21.8. The quantitative estimate of drug-likeness (QED) is 0.0677. The first-order valence-electron chi connectivity index (χ1n) is 38.6. The Morgan fingerprint density at radius 3 is 0.414 bits per heavy atom. The van der Waals surface area contributed by atoms with Gasteiger partial charge in [0.2, 0.25) is 0 Å². The van der Waals surface area contributed by atoms with E-state index < -0.39 is 0 Å². The number of nitrogens with zero attached hydrogens (tertiary/aromatic N) is 12. The largest absolute Gasteiger partial charge is 0.308 e. The summed E-state index contributed by atoms with van der Waals surface area (Å²) in [5.41, 5.74) is 25.9. The predicted molar refractivity (Wildman–Crippen MR) is 475 cm³/mol. The Hall–Kier alpha value is -15.9. The van der Waals surface area contributed by atoms with E-state index in [9.17, 15) is 0 Å². The Balaban J connectivity index is 1.03. The molecule has 20 aromatic rings. The van der Waals surface area contributed by atoms with Crippen LogP contribution in [0.15, 0.2) is 427 Å². The Morgan fingerprint density at radius 2 is 0.276 bits per heavy atom. The topological polar surface area (TPSA) is 116 Å². The van der Waals surface area contributed by atoms with Gasteiger partial charge in [-0.3, -0.25) is 39.9 Å². The summed E-state index contributed by atoms with van der Waals surface area (Å²) >= 11 is 0. The molecule has 0 radical (unpaired) electrons. The summed E-state index contributed by atoms with van der Waals surface area (Å²) in [5.74, 6) is 0. The monoisotopic (exact) mass is 1490 g/mol. The van der Waals surface area contributed by atoms with Crippen molar-refractivity contribution in [1.82, 2.24) is 39.9 Å². The number of hydrogen-bond donors (Lipinski definition) is 0. The fourth-order valence-electron chi connectivity index (χ4n) is 16.6. The SMILES string of the molecule is c1ccc(-c2cnccc2N(c2ccncc2-c2ccccc2)c2cc(N(c3ccncc3-c3ccccc3)c3ccncc3-c3ccccc3)c3ccc4c(N(c5ccncc5-c5ccccc5)c5ccncc5-c5ccccc5)cc(N(c5ccncc5-c5ccccc5)c5ccncc5-c5ccccc5)c5ccc2c3c54)cc1. The molecule has 0 atom stereocenters. The molecule has 0 N–H and O–H groups in total. The van der Waals surface area contributed by atoms with Crippen LogP contribution in [0.1, 0.15) is 0 Å². The fraction of sp³-hybridized carbons (Fsp3) is 0. The number of benzene rings is 12. The van der Waals surface area contributed by atoms with Crippen molar-refractivity contribution in [2.45, 2.75) is 0 Å². The van der Waals surface area contributed by atoms with Gasteiger partial charge in [-0.25, -0.2) is 0 Å². The highest BCUT2D eigenvalue weighted by molar-refractivity contribution is 6.34. The van der Waals surface area contributed by atoms with Gasteiger partial charge in [-0.05, 0) is 105 Å². The second-order valence-electron chi connectivity index (χ2n) is 28.3. The summed E-state index contributed by atoms with van der Waals surface area (Å²) in [4.78, 5) is 49.6. The van der Waals surface area contributed by atoms with E-state index in [1.54, 1.807) is 0 Å². The average molecular weight is 1490 g/mol. The number of anilines is 12. The molecule has 8 heterocycles. The van der Waals surface area contributed by atoms with Gasteiger partial charge in [0.05, 0.1) is 68.2 Å². The maximum atomic E-state index is 4.97. The minimum absolute atomic E-state index is 0.868. The highest BCUT2D eigenvalue weighted by Gasteiger charge is 2.34. The molecule has 12 heteroatoms. The van der Waals surface area contributed by atoms with Crippen LogP contribution in [0.25, 0.3) is 121 Å². The average Bonchev–Trinajstić information content (AvgIpc) is 0.694. The second kappa shape index (κ2) is 30.7. The summed E-state index contributed by atoms with van der Waals surface area (Å²) in [6.07, 6.45) is 31.2. The lowest BCUT2D eigenvalue weighted by atomic mass is 9.88. The molecule has 0 unspecified atom stereocenters. The van der Waals surface area contributed by atoms with Gasteiger partial charge in [0.1, 0.15) is 0 Å². The lowest BCUT2D eigenvalue weighted by Gasteiger charge is -2.36. The fourth-order valence-corrected chi connectivity index (χ4v) is 16.6. The van der Waals surface area contributed by atoms with E-state index in [2.05, 4.69) is 347 Å². The second-order valence-corrected chi connectivity index (χ2v) is 28.3. The van der Waals surface area contributed by atoms with Crippen LogP contribution in [0.3, 0.4) is 0 Å². The summed E-state index contributed by atoms with van der Waals surface area (Å²) in [6, 6.07) is 116. The molecule has 0 bridgehead atoms. The van der Waals surface area contributed by atoms with Crippen LogP contribution in [0.2, 0.25) is 0 Å². The molecule has 116 heavy (non-hydrogen) atoms. The van der Waals surface area contributed by atoms with E-state index >= 15 is 0 Å². The molecule has 546 valence electrons. The van der Waals surface area contributed by atoms with Crippen LogP contribution in [-0.4, -0.2) is 39.9 Å². The number of pyridine rings is 8. The molecule has 0 aliphatic heterocycles. The molecular weight excluding hydrogens is 1420 g/mol. The summed E-state index contributed by atoms with van der Waals surface area (Å²) < 4.78 is 0. The Kier molecular flexibility index (Phi) is 18.4. The van der Waals surface area contributed by atoms with Crippen LogP contribution in [0.4, 0.5) is 68.2 Å². The molecule has 0 saturated carbocycles.